The summed E-state index contributed by atoms with van der Waals surface area (Å²) in [4.78, 5) is 19.7. The minimum absolute atomic E-state index is 0.335. The molecule has 1 unspecified atom stereocenters. The average molecular weight is 271 g/mol. The highest BCUT2D eigenvalue weighted by atomic mass is 16.4. The van der Waals surface area contributed by atoms with Crippen LogP contribution in [0.5, 0.6) is 0 Å². The van der Waals surface area contributed by atoms with E-state index in [9.17, 15) is 4.79 Å². The van der Waals surface area contributed by atoms with E-state index in [0.717, 1.165) is 11.3 Å². The zero-order valence-corrected chi connectivity index (χ0v) is 11.5. The van der Waals surface area contributed by atoms with Gasteiger partial charge in [-0.1, -0.05) is 37.3 Å². The van der Waals surface area contributed by atoms with Gasteiger partial charge in [0.1, 0.15) is 5.82 Å². The van der Waals surface area contributed by atoms with E-state index in [1.807, 2.05) is 37.3 Å². The van der Waals surface area contributed by atoms with Crippen molar-refractivity contribution in [3.63, 3.8) is 0 Å². The molecule has 2 rings (SSSR count). The minimum Gasteiger partial charge on any atom is -0.481 e. The second-order valence-electron chi connectivity index (χ2n) is 4.81. The van der Waals surface area contributed by atoms with Crippen molar-refractivity contribution in [2.24, 2.45) is 5.92 Å². The number of nitrogen functional groups attached to an aromatic ring is 1. The highest BCUT2D eigenvalue weighted by Gasteiger charge is 2.17. The fourth-order valence-electron chi connectivity index (χ4n) is 1.98. The lowest BCUT2D eigenvalue weighted by atomic mass is 10.0. The van der Waals surface area contributed by atoms with Crippen LogP contribution in [-0.2, 0) is 11.2 Å². The van der Waals surface area contributed by atoms with Gasteiger partial charge in [0, 0.05) is 16.8 Å². The van der Waals surface area contributed by atoms with Crippen LogP contribution in [0.3, 0.4) is 0 Å². The highest BCUT2D eigenvalue weighted by molar-refractivity contribution is 5.70. The largest absolute Gasteiger partial charge is 0.481 e. The number of hydrogen-bond donors (Lipinski definition) is 2. The first kappa shape index (κ1) is 14.0. The first-order valence-corrected chi connectivity index (χ1v) is 6.40. The van der Waals surface area contributed by atoms with E-state index in [2.05, 4.69) is 9.97 Å². The Bertz CT molecular complexity index is 603. The molecule has 0 aliphatic carbocycles. The normalized spacial score (nSPS) is 12.1. The third kappa shape index (κ3) is 2.93. The summed E-state index contributed by atoms with van der Waals surface area (Å²) in [5.41, 5.74) is 8.29. The van der Waals surface area contributed by atoms with Gasteiger partial charge in [-0.2, -0.15) is 0 Å². The van der Waals surface area contributed by atoms with Crippen molar-refractivity contribution in [2.75, 3.05) is 5.73 Å². The lowest BCUT2D eigenvalue weighted by Crippen LogP contribution is -2.15. The third-order valence-electron chi connectivity index (χ3n) is 3.21. The Morgan fingerprint density at radius 3 is 2.50 bits per heavy atom. The molecule has 1 heterocycles. The van der Waals surface area contributed by atoms with E-state index < -0.39 is 11.9 Å². The number of hydrogen-bond acceptors (Lipinski definition) is 4. The SMILES string of the molecule is Cc1nc(-c2ccccc2)nc(N)c1CC(C)C(=O)O. The van der Waals surface area contributed by atoms with Gasteiger partial charge >= 0.3 is 5.97 Å². The number of nitrogens with two attached hydrogens (primary N) is 1. The number of aromatic nitrogens is 2. The van der Waals surface area contributed by atoms with Crippen LogP contribution in [0.2, 0.25) is 0 Å². The molecule has 3 N–H and O–H groups in total. The van der Waals surface area contributed by atoms with Gasteiger partial charge in [-0.05, 0) is 13.3 Å². The smallest absolute Gasteiger partial charge is 0.306 e. The summed E-state index contributed by atoms with van der Waals surface area (Å²) in [6.07, 6.45) is 0.335. The summed E-state index contributed by atoms with van der Waals surface area (Å²) < 4.78 is 0. The summed E-state index contributed by atoms with van der Waals surface area (Å²) in [6, 6.07) is 9.55. The van der Waals surface area contributed by atoms with E-state index in [4.69, 9.17) is 10.8 Å². The van der Waals surface area contributed by atoms with Crippen LogP contribution < -0.4 is 5.73 Å². The van der Waals surface area contributed by atoms with Crippen molar-refractivity contribution >= 4 is 11.8 Å². The maximum Gasteiger partial charge on any atom is 0.306 e. The van der Waals surface area contributed by atoms with Gasteiger partial charge in [-0.3, -0.25) is 4.79 Å². The molecule has 5 nitrogen and oxygen atoms in total. The van der Waals surface area contributed by atoms with Crippen LogP contribution in [-0.4, -0.2) is 21.0 Å². The molecule has 20 heavy (non-hydrogen) atoms. The summed E-state index contributed by atoms with van der Waals surface area (Å²) >= 11 is 0. The van der Waals surface area contributed by atoms with Crippen molar-refractivity contribution in [1.82, 2.24) is 9.97 Å². The molecule has 0 saturated heterocycles. The fraction of sp³-hybridized carbons (Fsp3) is 0.267. The Balaban J connectivity index is 2.37. The second-order valence-corrected chi connectivity index (χ2v) is 4.81. The molecule has 2 aromatic rings. The number of aliphatic carboxylic acids is 1. The Kier molecular flexibility index (Phi) is 3.98. The van der Waals surface area contributed by atoms with Crippen molar-refractivity contribution < 1.29 is 9.90 Å². The molecule has 0 saturated carbocycles. The summed E-state index contributed by atoms with van der Waals surface area (Å²) in [6.45, 7) is 3.47. The van der Waals surface area contributed by atoms with Crippen LogP contribution in [0.4, 0.5) is 5.82 Å². The van der Waals surface area contributed by atoms with Crippen molar-refractivity contribution in [3.05, 3.63) is 41.6 Å². The quantitative estimate of drug-likeness (QED) is 0.890. The van der Waals surface area contributed by atoms with Crippen LogP contribution >= 0.6 is 0 Å². The minimum atomic E-state index is -0.851. The molecule has 5 heteroatoms. The molecule has 1 atom stereocenters. The maximum absolute atomic E-state index is 10.9. The molecule has 0 aliphatic heterocycles. The Morgan fingerprint density at radius 2 is 1.95 bits per heavy atom. The number of nitrogens with zero attached hydrogens (tertiary/aromatic N) is 2. The topological polar surface area (TPSA) is 89.1 Å². The predicted molar refractivity (Wildman–Crippen MR) is 77.1 cm³/mol. The van der Waals surface area contributed by atoms with Crippen LogP contribution in [0, 0.1) is 12.8 Å². The Hall–Kier alpha value is -2.43. The number of carbonyl (C=O) groups is 1. The monoisotopic (exact) mass is 271 g/mol. The summed E-state index contributed by atoms with van der Waals surface area (Å²) in [5.74, 6) is -0.449. The zero-order chi connectivity index (χ0) is 14.7. The van der Waals surface area contributed by atoms with Gasteiger partial charge in [0.15, 0.2) is 5.82 Å². The van der Waals surface area contributed by atoms with Crippen LogP contribution in [0.15, 0.2) is 30.3 Å². The number of rotatable bonds is 4. The molecule has 0 amide bonds. The molecule has 0 bridgehead atoms. The van der Waals surface area contributed by atoms with Crippen LogP contribution in [0.25, 0.3) is 11.4 Å². The van der Waals surface area contributed by atoms with Gasteiger partial charge < -0.3 is 10.8 Å². The number of aryl methyl sites for hydroxylation is 1. The molecule has 1 aromatic carbocycles. The van der Waals surface area contributed by atoms with Gasteiger partial charge in [0.25, 0.3) is 0 Å². The third-order valence-corrected chi connectivity index (χ3v) is 3.21. The Morgan fingerprint density at radius 1 is 1.30 bits per heavy atom. The van der Waals surface area contributed by atoms with Crippen molar-refractivity contribution in [2.45, 2.75) is 20.3 Å². The highest BCUT2D eigenvalue weighted by Crippen LogP contribution is 2.22. The van der Waals surface area contributed by atoms with Gasteiger partial charge in [0.05, 0.1) is 5.92 Å². The predicted octanol–water partition coefficient (Wildman–Crippen LogP) is 2.30. The summed E-state index contributed by atoms with van der Waals surface area (Å²) in [5, 5.41) is 8.98. The van der Waals surface area contributed by atoms with E-state index in [-0.39, 0.29) is 0 Å². The number of carboxylic acids is 1. The molecule has 0 aliphatic rings. The van der Waals surface area contributed by atoms with Crippen molar-refractivity contribution in [1.29, 1.82) is 0 Å². The Labute approximate surface area is 117 Å². The first-order chi connectivity index (χ1) is 9.49. The average Bonchev–Trinajstić information content (AvgIpc) is 2.43. The first-order valence-electron chi connectivity index (χ1n) is 6.40. The molecule has 104 valence electrons. The number of anilines is 1. The number of benzene rings is 1. The van der Waals surface area contributed by atoms with Gasteiger partial charge in [-0.25, -0.2) is 9.97 Å². The standard InChI is InChI=1S/C15H17N3O2/c1-9(15(19)20)8-12-10(2)17-14(18-13(12)16)11-6-4-3-5-7-11/h3-7,9H,8H2,1-2H3,(H,19,20)(H2,16,17,18). The lowest BCUT2D eigenvalue weighted by molar-refractivity contribution is -0.141. The van der Waals surface area contributed by atoms with Crippen molar-refractivity contribution in [3.8, 4) is 11.4 Å². The van der Waals surface area contributed by atoms with Gasteiger partial charge in [0.2, 0.25) is 0 Å². The van der Waals surface area contributed by atoms with Gasteiger partial charge in [-0.15, -0.1) is 0 Å². The molecule has 0 fully saturated rings. The molecular formula is C15H17N3O2. The number of carboxylic acid groups (broad SMARTS) is 1. The molecule has 0 spiro atoms. The summed E-state index contributed by atoms with van der Waals surface area (Å²) in [7, 11) is 0. The zero-order valence-electron chi connectivity index (χ0n) is 11.5. The fourth-order valence-corrected chi connectivity index (χ4v) is 1.98. The van der Waals surface area contributed by atoms with E-state index in [1.54, 1.807) is 6.92 Å². The van der Waals surface area contributed by atoms with E-state index in [0.29, 0.717) is 23.6 Å². The maximum atomic E-state index is 10.9. The van der Waals surface area contributed by atoms with E-state index in [1.165, 1.54) is 0 Å². The van der Waals surface area contributed by atoms with Crippen LogP contribution in [0.1, 0.15) is 18.2 Å². The molecule has 1 aromatic heterocycles. The second kappa shape index (κ2) is 5.69. The molecular weight excluding hydrogens is 254 g/mol. The molecule has 0 radical (unpaired) electrons. The van der Waals surface area contributed by atoms with E-state index >= 15 is 0 Å². The lowest BCUT2D eigenvalue weighted by Gasteiger charge is -2.12.